The first-order valence-electron chi connectivity index (χ1n) is 9.64. The molecular formula is C22H17FN6O3S. The highest BCUT2D eigenvalue weighted by atomic mass is 32.2. The van der Waals surface area contributed by atoms with Gasteiger partial charge in [0.2, 0.25) is 5.91 Å². The number of halogens is 1. The highest BCUT2D eigenvalue weighted by Gasteiger charge is 2.18. The van der Waals surface area contributed by atoms with Crippen LogP contribution in [0.5, 0.6) is 5.75 Å². The van der Waals surface area contributed by atoms with Crippen LogP contribution in [0.3, 0.4) is 0 Å². The number of carbonyl (C=O) groups excluding carboxylic acids is 2. The van der Waals surface area contributed by atoms with Gasteiger partial charge in [0.25, 0.3) is 5.91 Å². The van der Waals surface area contributed by atoms with Gasteiger partial charge in [-0.3, -0.25) is 30.0 Å². The molecule has 2 heterocycles. The van der Waals surface area contributed by atoms with E-state index in [-0.39, 0.29) is 22.9 Å². The number of nitrogens with one attached hydrogen (secondary N) is 2. The Labute approximate surface area is 191 Å². The molecule has 3 N–H and O–H groups in total. The summed E-state index contributed by atoms with van der Waals surface area (Å²) in [5, 5.41) is 18.5. The Hall–Kier alpha value is -4.25. The smallest absolute Gasteiger partial charge is 0.273 e. The number of thioether (sulfide) groups is 1. The van der Waals surface area contributed by atoms with Gasteiger partial charge in [0.15, 0.2) is 11.0 Å². The molecule has 0 radical (unpaired) electrons. The monoisotopic (exact) mass is 464 g/mol. The van der Waals surface area contributed by atoms with Gasteiger partial charge in [-0.25, -0.2) is 4.39 Å². The topological polar surface area (TPSA) is 122 Å². The molecule has 0 saturated carbocycles. The van der Waals surface area contributed by atoms with Gasteiger partial charge < -0.3 is 5.11 Å². The third-order valence-corrected chi connectivity index (χ3v) is 5.38. The highest BCUT2D eigenvalue weighted by molar-refractivity contribution is 7.99. The number of para-hydroxylation sites is 1. The van der Waals surface area contributed by atoms with Crippen LogP contribution in [0.1, 0.15) is 10.4 Å². The van der Waals surface area contributed by atoms with Crippen molar-refractivity contribution in [3.8, 4) is 22.8 Å². The van der Waals surface area contributed by atoms with Crippen molar-refractivity contribution < 1.29 is 19.1 Å². The number of rotatable bonds is 6. The van der Waals surface area contributed by atoms with E-state index in [0.717, 1.165) is 17.3 Å². The molecule has 0 fully saturated rings. The summed E-state index contributed by atoms with van der Waals surface area (Å²) in [6, 6.07) is 15.3. The number of phenols is 1. The molecule has 2 aromatic heterocycles. The van der Waals surface area contributed by atoms with E-state index in [2.05, 4.69) is 26.0 Å². The summed E-state index contributed by atoms with van der Waals surface area (Å²) in [5.41, 5.74) is 5.94. The second kappa shape index (κ2) is 9.92. The number of aromatic hydroxyl groups is 1. The normalized spacial score (nSPS) is 10.6. The van der Waals surface area contributed by atoms with Crippen LogP contribution in [0.2, 0.25) is 0 Å². The number of hydrogen-bond acceptors (Lipinski definition) is 7. The fourth-order valence-corrected chi connectivity index (χ4v) is 3.65. The SMILES string of the molecule is O=C(CSc1nnc(-c2ccncc2)n1-c1ccc(F)cc1)NNC(=O)c1ccccc1O. The second-order valence-electron chi connectivity index (χ2n) is 6.66. The minimum absolute atomic E-state index is 0.0310. The molecule has 9 nitrogen and oxygen atoms in total. The van der Waals surface area contributed by atoms with Crippen LogP contribution in [-0.2, 0) is 4.79 Å². The van der Waals surface area contributed by atoms with Crippen molar-refractivity contribution in [1.29, 1.82) is 0 Å². The van der Waals surface area contributed by atoms with Crippen LogP contribution in [0.15, 0.2) is 78.2 Å². The average Bonchev–Trinajstić information content (AvgIpc) is 3.26. The minimum atomic E-state index is -0.652. The zero-order valence-electron chi connectivity index (χ0n) is 17.0. The molecule has 4 rings (SSSR count). The van der Waals surface area contributed by atoms with Crippen LogP contribution >= 0.6 is 11.8 Å². The number of pyridine rings is 1. The van der Waals surface area contributed by atoms with Crippen LogP contribution in [0.4, 0.5) is 4.39 Å². The second-order valence-corrected chi connectivity index (χ2v) is 7.60. The molecular weight excluding hydrogens is 447 g/mol. The average molecular weight is 464 g/mol. The Morgan fingerprint density at radius 2 is 1.70 bits per heavy atom. The largest absolute Gasteiger partial charge is 0.507 e. The lowest BCUT2D eigenvalue weighted by atomic mass is 10.2. The molecule has 11 heteroatoms. The molecule has 2 aromatic carbocycles. The summed E-state index contributed by atoms with van der Waals surface area (Å²) >= 11 is 1.09. The molecule has 0 bridgehead atoms. The van der Waals surface area contributed by atoms with Crippen molar-refractivity contribution in [2.45, 2.75) is 5.16 Å². The van der Waals surface area contributed by atoms with E-state index in [1.807, 2.05) is 0 Å². The summed E-state index contributed by atoms with van der Waals surface area (Å²) < 4.78 is 15.1. The van der Waals surface area contributed by atoms with Crippen LogP contribution in [-0.4, -0.2) is 42.4 Å². The van der Waals surface area contributed by atoms with Gasteiger partial charge in [0.05, 0.1) is 11.3 Å². The molecule has 4 aromatic rings. The Morgan fingerprint density at radius 3 is 2.42 bits per heavy atom. The number of aromatic nitrogens is 4. The van der Waals surface area contributed by atoms with Gasteiger partial charge in [-0.05, 0) is 48.5 Å². The predicted octanol–water partition coefficient (Wildman–Crippen LogP) is 2.73. The summed E-state index contributed by atoms with van der Waals surface area (Å²) in [6.45, 7) is 0. The van der Waals surface area contributed by atoms with Crippen molar-refractivity contribution in [2.24, 2.45) is 0 Å². The van der Waals surface area contributed by atoms with Crippen LogP contribution < -0.4 is 10.9 Å². The lowest BCUT2D eigenvalue weighted by Crippen LogP contribution is -2.42. The van der Waals surface area contributed by atoms with E-state index < -0.39 is 11.8 Å². The van der Waals surface area contributed by atoms with Gasteiger partial charge in [-0.2, -0.15) is 0 Å². The van der Waals surface area contributed by atoms with Gasteiger partial charge >= 0.3 is 0 Å². The van der Waals surface area contributed by atoms with E-state index in [1.54, 1.807) is 53.4 Å². The third kappa shape index (κ3) is 5.15. The molecule has 0 saturated heterocycles. The summed E-state index contributed by atoms with van der Waals surface area (Å²) in [6.07, 6.45) is 3.24. The molecule has 0 spiro atoms. The van der Waals surface area contributed by atoms with E-state index >= 15 is 0 Å². The number of phenolic OH excluding ortho intramolecular Hbond substituents is 1. The van der Waals surface area contributed by atoms with E-state index in [1.165, 1.54) is 24.3 Å². The molecule has 0 aliphatic heterocycles. The van der Waals surface area contributed by atoms with Crippen molar-refractivity contribution in [3.63, 3.8) is 0 Å². The molecule has 0 aliphatic rings. The standard InChI is InChI=1S/C22H17FN6O3S/c23-15-5-7-16(8-6-15)29-20(14-9-11-24-12-10-14)26-28-22(29)33-13-19(31)25-27-21(32)17-3-1-2-4-18(17)30/h1-12,30H,13H2,(H,25,31)(H,27,32). The van der Waals surface area contributed by atoms with Gasteiger partial charge in [0.1, 0.15) is 11.6 Å². The summed E-state index contributed by atoms with van der Waals surface area (Å²) in [5.74, 6) is -1.32. The lowest BCUT2D eigenvalue weighted by Gasteiger charge is -2.11. The van der Waals surface area contributed by atoms with Crippen LogP contribution in [0, 0.1) is 5.82 Å². The van der Waals surface area contributed by atoms with Crippen molar-refractivity contribution in [1.82, 2.24) is 30.6 Å². The molecule has 2 amide bonds. The van der Waals surface area contributed by atoms with Gasteiger partial charge in [-0.1, -0.05) is 23.9 Å². The number of hydrogen-bond donors (Lipinski definition) is 3. The van der Waals surface area contributed by atoms with E-state index in [0.29, 0.717) is 16.7 Å². The predicted molar refractivity (Wildman–Crippen MR) is 119 cm³/mol. The summed E-state index contributed by atoms with van der Waals surface area (Å²) in [4.78, 5) is 28.4. The highest BCUT2D eigenvalue weighted by Crippen LogP contribution is 2.27. The first-order chi connectivity index (χ1) is 16.0. The Kier molecular flexibility index (Phi) is 6.60. The number of hydrazine groups is 1. The lowest BCUT2D eigenvalue weighted by molar-refractivity contribution is -0.119. The number of benzene rings is 2. The number of amides is 2. The fourth-order valence-electron chi connectivity index (χ4n) is 2.90. The van der Waals surface area contributed by atoms with Gasteiger partial charge in [0, 0.05) is 23.6 Å². The molecule has 33 heavy (non-hydrogen) atoms. The van der Waals surface area contributed by atoms with Gasteiger partial charge in [-0.15, -0.1) is 10.2 Å². The Balaban J connectivity index is 1.48. The maximum absolute atomic E-state index is 13.4. The van der Waals surface area contributed by atoms with E-state index in [4.69, 9.17) is 0 Å². The quantitative estimate of drug-likeness (QED) is 0.296. The maximum atomic E-state index is 13.4. The zero-order chi connectivity index (χ0) is 23.2. The maximum Gasteiger partial charge on any atom is 0.273 e. The van der Waals surface area contributed by atoms with Crippen molar-refractivity contribution in [2.75, 3.05) is 5.75 Å². The minimum Gasteiger partial charge on any atom is -0.507 e. The first-order valence-corrected chi connectivity index (χ1v) is 10.6. The molecule has 0 unspecified atom stereocenters. The van der Waals surface area contributed by atoms with Crippen molar-refractivity contribution >= 4 is 23.6 Å². The Bertz CT molecular complexity index is 1280. The fraction of sp³-hybridized carbons (Fsp3) is 0.0455. The number of carbonyl (C=O) groups is 2. The Morgan fingerprint density at radius 1 is 0.970 bits per heavy atom. The molecule has 166 valence electrons. The molecule has 0 aliphatic carbocycles. The first kappa shape index (κ1) is 22.0. The summed E-state index contributed by atoms with van der Waals surface area (Å²) in [7, 11) is 0. The van der Waals surface area contributed by atoms with E-state index in [9.17, 15) is 19.1 Å². The van der Waals surface area contributed by atoms with Crippen LogP contribution in [0.25, 0.3) is 17.1 Å². The number of nitrogens with zero attached hydrogens (tertiary/aromatic N) is 4. The zero-order valence-corrected chi connectivity index (χ0v) is 17.8. The van der Waals surface area contributed by atoms with Crippen molar-refractivity contribution in [3.05, 3.63) is 84.4 Å². The molecule has 0 atom stereocenters. The third-order valence-electron chi connectivity index (χ3n) is 4.45.